The van der Waals surface area contributed by atoms with Crippen LogP contribution in [0.15, 0.2) is 29.2 Å². The number of benzene rings is 1. The van der Waals surface area contributed by atoms with Gasteiger partial charge in [-0.3, -0.25) is 4.79 Å². The van der Waals surface area contributed by atoms with Gasteiger partial charge in [0.25, 0.3) is 0 Å². The predicted molar refractivity (Wildman–Crippen MR) is 74.6 cm³/mol. The fourth-order valence-electron chi connectivity index (χ4n) is 1.38. The van der Waals surface area contributed by atoms with Gasteiger partial charge in [-0.05, 0) is 32.9 Å². The van der Waals surface area contributed by atoms with E-state index in [1.54, 1.807) is 32.9 Å². The molecule has 1 aromatic carbocycles. The van der Waals surface area contributed by atoms with Crippen molar-refractivity contribution in [3.8, 4) is 0 Å². The molecule has 0 aliphatic heterocycles. The molecule has 0 aliphatic rings. The molecule has 1 N–H and O–H groups in total. The summed E-state index contributed by atoms with van der Waals surface area (Å²) in [5, 5.41) is 0.170. The molecule has 0 unspecified atom stereocenters. The van der Waals surface area contributed by atoms with Crippen LogP contribution in [0.3, 0.4) is 0 Å². The van der Waals surface area contributed by atoms with E-state index in [2.05, 4.69) is 20.7 Å². The zero-order valence-corrected chi connectivity index (χ0v) is 12.9. The molecule has 0 saturated carbocycles. The van der Waals surface area contributed by atoms with Crippen molar-refractivity contribution in [3.63, 3.8) is 0 Å². The average Bonchev–Trinajstić information content (AvgIpc) is 2.25. The van der Waals surface area contributed by atoms with Gasteiger partial charge in [-0.2, -0.15) is 0 Å². The van der Waals surface area contributed by atoms with Crippen molar-refractivity contribution in [2.24, 2.45) is 0 Å². The summed E-state index contributed by atoms with van der Waals surface area (Å²) in [5.41, 5.74) is -0.183. The van der Waals surface area contributed by atoms with E-state index >= 15 is 0 Å². The number of hydrogen-bond acceptors (Lipinski definition) is 3. The van der Waals surface area contributed by atoms with Crippen LogP contribution in [-0.2, 0) is 10.0 Å². The molecule has 1 aromatic rings. The number of halogens is 1. The van der Waals surface area contributed by atoms with E-state index in [1.165, 1.54) is 12.1 Å². The van der Waals surface area contributed by atoms with Crippen LogP contribution in [0.2, 0.25) is 0 Å². The molecule has 0 saturated heterocycles. The Labute approximate surface area is 116 Å². The maximum Gasteiger partial charge on any atom is 0.241 e. The van der Waals surface area contributed by atoms with Crippen molar-refractivity contribution < 1.29 is 13.2 Å². The van der Waals surface area contributed by atoms with Crippen molar-refractivity contribution in [2.45, 2.75) is 31.2 Å². The van der Waals surface area contributed by atoms with Crippen molar-refractivity contribution in [3.05, 3.63) is 29.8 Å². The summed E-state index contributed by atoms with van der Waals surface area (Å²) in [7, 11) is -3.60. The number of carbonyl (C=O) groups excluding carboxylic acids is 1. The highest BCUT2D eigenvalue weighted by atomic mass is 79.9. The number of nitrogens with one attached hydrogen (secondary N) is 1. The van der Waals surface area contributed by atoms with Crippen molar-refractivity contribution in [1.29, 1.82) is 0 Å². The summed E-state index contributed by atoms with van der Waals surface area (Å²) in [6.07, 6.45) is 0. The summed E-state index contributed by atoms with van der Waals surface area (Å²) in [4.78, 5) is 11.6. The lowest BCUT2D eigenvalue weighted by Gasteiger charge is -2.20. The largest absolute Gasteiger partial charge is 0.293 e. The maximum atomic E-state index is 12.1. The van der Waals surface area contributed by atoms with Crippen LogP contribution >= 0.6 is 15.9 Å². The molecular formula is C12H16BrNO3S. The van der Waals surface area contributed by atoms with Crippen molar-refractivity contribution in [1.82, 2.24) is 4.72 Å². The van der Waals surface area contributed by atoms with E-state index in [9.17, 15) is 13.2 Å². The van der Waals surface area contributed by atoms with Gasteiger partial charge in [0, 0.05) is 11.1 Å². The predicted octanol–water partition coefficient (Wildman–Crippen LogP) is 2.34. The molecule has 0 amide bonds. The Hall–Kier alpha value is -0.720. The molecule has 6 heteroatoms. The van der Waals surface area contributed by atoms with Crippen molar-refractivity contribution >= 4 is 31.7 Å². The minimum absolute atomic E-state index is 0.101. The lowest BCUT2D eigenvalue weighted by atomic mass is 10.1. The number of sulfonamides is 1. The minimum Gasteiger partial charge on any atom is -0.293 e. The highest BCUT2D eigenvalue weighted by Crippen LogP contribution is 2.15. The maximum absolute atomic E-state index is 12.1. The average molecular weight is 334 g/mol. The standard InChI is InChI=1S/C12H16BrNO3S/c1-12(2,3)14-18(16,17)10-6-4-5-9(7-10)11(15)8-13/h4-7,14H,8H2,1-3H3. The first kappa shape index (κ1) is 15.3. The lowest BCUT2D eigenvalue weighted by Crippen LogP contribution is -2.40. The number of hydrogen-bond donors (Lipinski definition) is 1. The van der Waals surface area contributed by atoms with Crippen LogP contribution in [-0.4, -0.2) is 25.1 Å². The zero-order valence-electron chi connectivity index (χ0n) is 10.5. The Morgan fingerprint density at radius 2 is 1.94 bits per heavy atom. The number of Topliss-reactive ketones (excluding diaryl/α,β-unsaturated/α-hetero) is 1. The molecule has 0 spiro atoms. The number of rotatable bonds is 4. The highest BCUT2D eigenvalue weighted by molar-refractivity contribution is 9.09. The summed E-state index contributed by atoms with van der Waals surface area (Å²) in [6.45, 7) is 5.29. The summed E-state index contributed by atoms with van der Waals surface area (Å²) in [6, 6.07) is 6.02. The van der Waals surface area contributed by atoms with E-state index in [4.69, 9.17) is 0 Å². The van der Waals surface area contributed by atoms with Gasteiger partial charge in [-0.25, -0.2) is 13.1 Å². The Bertz CT molecular complexity index is 547. The van der Waals surface area contributed by atoms with E-state index in [0.717, 1.165) is 0 Å². The Kier molecular flexibility index (Phi) is 4.69. The second kappa shape index (κ2) is 5.50. The van der Waals surface area contributed by atoms with Gasteiger partial charge in [0.2, 0.25) is 10.0 Å². The topological polar surface area (TPSA) is 63.2 Å². The molecule has 0 bridgehead atoms. The molecule has 0 atom stereocenters. The Balaban J connectivity index is 3.14. The van der Waals surface area contributed by atoms with Gasteiger partial charge in [0.1, 0.15) is 0 Å². The molecule has 0 aliphatic carbocycles. The first-order valence-electron chi connectivity index (χ1n) is 5.39. The third kappa shape index (κ3) is 4.19. The van der Waals surface area contributed by atoms with Gasteiger partial charge in [-0.1, -0.05) is 28.1 Å². The SMILES string of the molecule is CC(C)(C)NS(=O)(=O)c1cccc(C(=O)CBr)c1. The van der Waals surface area contributed by atoms with Crippen LogP contribution in [0.5, 0.6) is 0 Å². The molecule has 0 heterocycles. The van der Waals surface area contributed by atoms with Crippen LogP contribution in [0.25, 0.3) is 0 Å². The van der Waals surface area contributed by atoms with E-state index in [0.29, 0.717) is 5.56 Å². The van der Waals surface area contributed by atoms with Gasteiger partial charge >= 0.3 is 0 Å². The first-order valence-corrected chi connectivity index (χ1v) is 7.99. The molecular weight excluding hydrogens is 318 g/mol. The van der Waals surface area contributed by atoms with Gasteiger partial charge in [-0.15, -0.1) is 0 Å². The van der Waals surface area contributed by atoms with Crippen molar-refractivity contribution in [2.75, 3.05) is 5.33 Å². The smallest absolute Gasteiger partial charge is 0.241 e. The second-order valence-electron chi connectivity index (χ2n) is 4.94. The summed E-state index contributed by atoms with van der Waals surface area (Å²) >= 11 is 3.06. The molecule has 0 fully saturated rings. The monoisotopic (exact) mass is 333 g/mol. The van der Waals surface area contributed by atoms with Crippen LogP contribution in [0.1, 0.15) is 31.1 Å². The third-order valence-electron chi connectivity index (χ3n) is 2.03. The normalized spacial score (nSPS) is 12.4. The van der Waals surface area contributed by atoms with Crippen LogP contribution in [0, 0.1) is 0 Å². The number of carbonyl (C=O) groups is 1. The second-order valence-corrected chi connectivity index (χ2v) is 7.18. The van der Waals surface area contributed by atoms with Gasteiger partial charge in [0.05, 0.1) is 10.2 Å². The van der Waals surface area contributed by atoms with Crippen LogP contribution in [0.4, 0.5) is 0 Å². The summed E-state index contributed by atoms with van der Waals surface area (Å²) in [5.74, 6) is -0.150. The van der Waals surface area contributed by atoms with E-state index in [-0.39, 0.29) is 16.0 Å². The zero-order chi connectivity index (χ0) is 14.0. The Morgan fingerprint density at radius 1 is 1.33 bits per heavy atom. The number of alkyl halides is 1. The molecule has 4 nitrogen and oxygen atoms in total. The fraction of sp³-hybridized carbons (Fsp3) is 0.417. The van der Waals surface area contributed by atoms with Gasteiger partial charge < -0.3 is 0 Å². The third-order valence-corrected chi connectivity index (χ3v) is 4.29. The molecule has 18 heavy (non-hydrogen) atoms. The molecule has 0 radical (unpaired) electrons. The summed E-state index contributed by atoms with van der Waals surface area (Å²) < 4.78 is 26.7. The van der Waals surface area contributed by atoms with Crippen LogP contribution < -0.4 is 4.72 Å². The van der Waals surface area contributed by atoms with E-state index in [1.807, 2.05) is 0 Å². The first-order chi connectivity index (χ1) is 8.15. The molecule has 0 aromatic heterocycles. The fourth-order valence-corrected chi connectivity index (χ4v) is 3.16. The Morgan fingerprint density at radius 3 is 2.44 bits per heavy atom. The minimum atomic E-state index is -3.60. The lowest BCUT2D eigenvalue weighted by molar-refractivity contribution is 0.102. The number of ketones is 1. The van der Waals surface area contributed by atoms with Gasteiger partial charge in [0.15, 0.2) is 5.78 Å². The molecule has 1 rings (SSSR count). The quantitative estimate of drug-likeness (QED) is 0.679. The highest BCUT2D eigenvalue weighted by Gasteiger charge is 2.22. The molecule has 100 valence electrons. The van der Waals surface area contributed by atoms with E-state index < -0.39 is 15.6 Å².